The molecule has 8 rings (SSSR count). The van der Waals surface area contributed by atoms with Gasteiger partial charge in [0.15, 0.2) is 0 Å². The molecule has 7 aliphatic rings. The van der Waals surface area contributed by atoms with Gasteiger partial charge in [-0.25, -0.2) is 0 Å². The number of thioether (sulfide) groups is 1. The maximum absolute atomic E-state index is 13.5. The molecule has 8 heteroatoms. The van der Waals surface area contributed by atoms with Crippen LogP contribution in [0.2, 0.25) is 0 Å². The van der Waals surface area contributed by atoms with E-state index in [1.807, 2.05) is 19.9 Å². The van der Waals surface area contributed by atoms with Gasteiger partial charge < -0.3 is 19.7 Å². The van der Waals surface area contributed by atoms with Crippen LogP contribution in [-0.4, -0.2) is 71.7 Å². The highest BCUT2D eigenvalue weighted by molar-refractivity contribution is 7.99. The van der Waals surface area contributed by atoms with Crippen LogP contribution in [0.1, 0.15) is 130 Å². The van der Waals surface area contributed by atoms with E-state index in [-0.39, 0.29) is 11.4 Å². The Bertz CT molecular complexity index is 1610. The third kappa shape index (κ3) is 6.40. The third-order valence-electron chi connectivity index (χ3n) is 17.7. The molecule has 0 aromatic carbocycles. The third-order valence-corrected chi connectivity index (χ3v) is 19.3. The number of aryl methyl sites for hydroxylation is 1. The highest BCUT2D eigenvalue weighted by Crippen LogP contribution is 2.76. The number of rotatable bonds is 10. The van der Waals surface area contributed by atoms with Crippen molar-refractivity contribution >= 4 is 29.3 Å². The number of nitrogens with zero attached hydrogens (tertiary/aromatic N) is 2. The van der Waals surface area contributed by atoms with Gasteiger partial charge in [0.2, 0.25) is 5.88 Å². The Kier molecular flexibility index (Phi) is 10.8. The van der Waals surface area contributed by atoms with Gasteiger partial charge in [0, 0.05) is 54.2 Å². The minimum atomic E-state index is -0.662. The lowest BCUT2D eigenvalue weighted by Crippen LogP contribution is -2.67. The van der Waals surface area contributed by atoms with E-state index < -0.39 is 5.41 Å². The molecule has 0 radical (unpaired) electrons. The van der Waals surface area contributed by atoms with Crippen LogP contribution >= 0.6 is 23.3 Å². The average molecular weight is 778 g/mol. The predicted octanol–water partition coefficient (Wildman–Crippen LogP) is 10.3. The molecule has 1 N–H and O–H groups in total. The quantitative estimate of drug-likeness (QED) is 0.237. The second-order valence-electron chi connectivity index (χ2n) is 20.2. The highest BCUT2D eigenvalue weighted by Gasteiger charge is 2.69. The molecule has 0 bridgehead atoms. The van der Waals surface area contributed by atoms with Gasteiger partial charge in [0.1, 0.15) is 12.0 Å². The van der Waals surface area contributed by atoms with E-state index in [4.69, 9.17) is 9.47 Å². The molecule has 54 heavy (non-hydrogen) atoms. The lowest BCUT2D eigenvalue weighted by Gasteiger charge is -2.72. The molecule has 1 saturated heterocycles. The fourth-order valence-electron chi connectivity index (χ4n) is 14.7. The van der Waals surface area contributed by atoms with Gasteiger partial charge in [-0.2, -0.15) is 16.1 Å². The van der Waals surface area contributed by atoms with Crippen LogP contribution in [0.15, 0.2) is 29.4 Å². The van der Waals surface area contributed by atoms with Gasteiger partial charge in [-0.1, -0.05) is 53.2 Å². The highest BCUT2D eigenvalue weighted by atomic mass is 32.2. The molecule has 5 fully saturated rings. The van der Waals surface area contributed by atoms with E-state index >= 15 is 0 Å². The first-order valence-electron chi connectivity index (χ1n) is 22.0. The van der Waals surface area contributed by atoms with Crippen molar-refractivity contribution in [3.63, 3.8) is 0 Å². The number of fused-ring (bicyclic) bond motifs is 7. The first kappa shape index (κ1) is 39.5. The molecule has 0 spiro atoms. The second kappa shape index (κ2) is 14.8. The van der Waals surface area contributed by atoms with Crippen LogP contribution in [0.25, 0.3) is 0 Å². The molecule has 300 valence electrons. The number of carbonyl (C=O) groups excluding carboxylic acids is 1. The number of allylic oxidation sites excluding steroid dienone is 4. The topological polar surface area (TPSA) is 63.7 Å². The van der Waals surface area contributed by atoms with E-state index in [2.05, 4.69) is 73.1 Å². The monoisotopic (exact) mass is 777 g/mol. The smallest absolute Gasteiger partial charge is 0.315 e. The van der Waals surface area contributed by atoms with Gasteiger partial charge in [0.05, 0.1) is 6.61 Å². The zero-order valence-electron chi connectivity index (χ0n) is 34.8. The summed E-state index contributed by atoms with van der Waals surface area (Å²) in [5.74, 6) is 6.25. The van der Waals surface area contributed by atoms with Crippen molar-refractivity contribution < 1.29 is 14.3 Å². The molecule has 6 nitrogen and oxygen atoms in total. The minimum absolute atomic E-state index is 0.0978. The molecule has 6 aliphatic carbocycles. The lowest BCUT2D eigenvalue weighted by molar-refractivity contribution is -0.218. The molecule has 1 aliphatic heterocycles. The first-order valence-corrected chi connectivity index (χ1v) is 23.9. The number of nitrogens with one attached hydrogen (secondary N) is 1. The molecule has 0 amide bonds. The van der Waals surface area contributed by atoms with Crippen molar-refractivity contribution in [3.8, 4) is 5.88 Å². The summed E-state index contributed by atoms with van der Waals surface area (Å²) in [6.45, 7) is 23.0. The van der Waals surface area contributed by atoms with Crippen molar-refractivity contribution in [2.24, 2.45) is 50.7 Å². The van der Waals surface area contributed by atoms with Crippen LogP contribution in [0.4, 0.5) is 0 Å². The molecule has 4 saturated carbocycles. The normalized spacial score (nSPS) is 41.8. The van der Waals surface area contributed by atoms with Gasteiger partial charge >= 0.3 is 5.97 Å². The van der Waals surface area contributed by atoms with E-state index in [9.17, 15) is 4.79 Å². The van der Waals surface area contributed by atoms with Crippen molar-refractivity contribution in [1.82, 2.24) is 14.6 Å². The van der Waals surface area contributed by atoms with Crippen molar-refractivity contribution in [1.29, 1.82) is 0 Å². The lowest BCUT2D eigenvalue weighted by atomic mass is 9.33. The Balaban J connectivity index is 0.994. The largest absolute Gasteiger partial charge is 0.476 e. The Morgan fingerprint density at radius 3 is 2.46 bits per heavy atom. The number of esters is 1. The Labute approximate surface area is 336 Å². The molecule has 1 aromatic heterocycles. The molecular weight excluding hydrogens is 707 g/mol. The fraction of sp³-hybridized carbons (Fsp3) is 0.826. The number of aromatic nitrogens is 1. The van der Waals surface area contributed by atoms with Crippen LogP contribution in [0.5, 0.6) is 5.88 Å². The van der Waals surface area contributed by atoms with Crippen LogP contribution in [0, 0.1) is 57.7 Å². The zero-order valence-corrected chi connectivity index (χ0v) is 36.5. The number of hydrogen-bond donors (Lipinski definition) is 1. The molecule has 8 unspecified atom stereocenters. The zero-order chi connectivity index (χ0) is 38.0. The summed E-state index contributed by atoms with van der Waals surface area (Å²) in [7, 11) is 0. The van der Waals surface area contributed by atoms with E-state index in [1.165, 1.54) is 119 Å². The van der Waals surface area contributed by atoms with Crippen molar-refractivity contribution in [3.05, 3.63) is 34.2 Å². The average Bonchev–Trinajstić information content (AvgIpc) is 3.78. The SMILES string of the molecule is CCOC(=O)C1(COc2cc(C)sn2)CC=C(C2=CCC3(C)C(CCC4(C)C3CCC3C5CCCC5(NCCN5CCSCC5)CC[C@]34C)C2(C)C)CC1. The predicted molar refractivity (Wildman–Crippen MR) is 224 cm³/mol. The summed E-state index contributed by atoms with van der Waals surface area (Å²) < 4.78 is 16.3. The molecular formula is C46H71N3O3S2. The number of hydrogen-bond acceptors (Lipinski definition) is 8. The van der Waals surface area contributed by atoms with E-state index in [1.54, 1.807) is 5.57 Å². The van der Waals surface area contributed by atoms with E-state index in [0.717, 1.165) is 35.5 Å². The van der Waals surface area contributed by atoms with Crippen LogP contribution in [-0.2, 0) is 9.53 Å². The summed E-state index contributed by atoms with van der Waals surface area (Å²) in [6.07, 6.45) is 21.2. The van der Waals surface area contributed by atoms with Crippen LogP contribution in [0.3, 0.4) is 0 Å². The number of ether oxygens (including phenoxy) is 2. The van der Waals surface area contributed by atoms with Gasteiger partial charge in [-0.15, -0.1) is 0 Å². The molecule has 1 aromatic rings. The van der Waals surface area contributed by atoms with Crippen molar-refractivity contribution in [2.45, 2.75) is 137 Å². The maximum atomic E-state index is 13.5. The fourth-order valence-corrected chi connectivity index (χ4v) is 16.2. The van der Waals surface area contributed by atoms with Gasteiger partial charge in [-0.3, -0.25) is 4.79 Å². The van der Waals surface area contributed by atoms with Gasteiger partial charge in [0.25, 0.3) is 0 Å². The summed E-state index contributed by atoms with van der Waals surface area (Å²) in [6, 6.07) is 1.97. The Hall–Kier alpha value is -1.35. The number of carbonyl (C=O) groups is 1. The van der Waals surface area contributed by atoms with Crippen LogP contribution < -0.4 is 10.1 Å². The Morgan fingerprint density at radius 1 is 0.926 bits per heavy atom. The summed E-state index contributed by atoms with van der Waals surface area (Å²) >= 11 is 3.57. The maximum Gasteiger partial charge on any atom is 0.315 e. The Morgan fingerprint density at radius 2 is 1.74 bits per heavy atom. The first-order chi connectivity index (χ1) is 25.8. The molecule has 2 heterocycles. The second-order valence-corrected chi connectivity index (χ2v) is 22.5. The minimum Gasteiger partial charge on any atom is -0.476 e. The van der Waals surface area contributed by atoms with E-state index in [0.29, 0.717) is 53.2 Å². The summed E-state index contributed by atoms with van der Waals surface area (Å²) in [5, 5.41) is 4.31. The van der Waals surface area contributed by atoms with Crippen molar-refractivity contribution in [2.75, 3.05) is 50.9 Å². The standard InChI is InChI=1S/C46H71N3O3S2/c1-8-51-40(50)45(31-52-39-30-32(2)54-48-39)20-13-33(14-21-45)34-15-18-42(5)37(41(34,3)4)16-19-44(7)38(42)12-11-35-36-10-9-17-46(36,23-22-43(35,44)6)47-24-25-49-26-28-53-29-27-49/h13,15,30,35-38,47H,8-12,14,16-29,31H2,1-7H3/t35?,36?,37?,38?,42?,43-,44?,45?,46?/m1/s1. The summed E-state index contributed by atoms with van der Waals surface area (Å²) in [4.78, 5) is 17.3. The van der Waals surface area contributed by atoms with Gasteiger partial charge in [-0.05, 0) is 159 Å². The molecule has 9 atom stereocenters. The summed E-state index contributed by atoms with van der Waals surface area (Å²) in [5.41, 5.74) is 3.97.